The summed E-state index contributed by atoms with van der Waals surface area (Å²) in [6.45, 7) is 6.18. The van der Waals surface area contributed by atoms with Crippen LogP contribution in [0.25, 0.3) is 0 Å². The molecule has 2 N–H and O–H groups in total. The number of halogens is 1. The number of aliphatic imine (C=N–C) groups is 1. The molecule has 6 heteroatoms. The minimum Gasteiger partial charge on any atom is -0.383 e. The van der Waals surface area contributed by atoms with Crippen LogP contribution in [0.15, 0.2) is 4.99 Å². The van der Waals surface area contributed by atoms with E-state index in [1.54, 1.807) is 7.11 Å². The maximum absolute atomic E-state index is 5.54. The van der Waals surface area contributed by atoms with Crippen LogP contribution >= 0.6 is 24.0 Å². The van der Waals surface area contributed by atoms with E-state index >= 15 is 0 Å². The van der Waals surface area contributed by atoms with Gasteiger partial charge in [-0.15, -0.1) is 24.0 Å². The van der Waals surface area contributed by atoms with E-state index in [1.807, 2.05) is 7.05 Å². The Labute approximate surface area is 146 Å². The first kappa shape index (κ1) is 20.9. The molecular weight excluding hydrogens is 381 g/mol. The molecule has 0 unspecified atom stereocenters. The molecule has 0 amide bonds. The van der Waals surface area contributed by atoms with Crippen LogP contribution in [0.3, 0.4) is 0 Å². The largest absolute Gasteiger partial charge is 0.383 e. The lowest BCUT2D eigenvalue weighted by Gasteiger charge is -2.30. The van der Waals surface area contributed by atoms with Gasteiger partial charge in [0.2, 0.25) is 0 Å². The monoisotopic (exact) mass is 413 g/mol. The topological polar surface area (TPSA) is 54.9 Å². The zero-order valence-corrected chi connectivity index (χ0v) is 16.1. The molecule has 0 radical (unpaired) electrons. The summed E-state index contributed by atoms with van der Waals surface area (Å²) < 4.78 is 10.6. The van der Waals surface area contributed by atoms with E-state index in [1.165, 1.54) is 25.7 Å². The lowest BCUT2D eigenvalue weighted by atomic mass is 9.83. The van der Waals surface area contributed by atoms with Crippen LogP contribution in [0.2, 0.25) is 0 Å². The van der Waals surface area contributed by atoms with E-state index < -0.39 is 0 Å². The normalized spacial score (nSPS) is 17.4. The highest BCUT2D eigenvalue weighted by Gasteiger charge is 2.33. The molecule has 0 spiro atoms. The fourth-order valence-electron chi connectivity index (χ4n) is 2.84. The quantitative estimate of drug-likeness (QED) is 0.264. The van der Waals surface area contributed by atoms with Gasteiger partial charge in [0, 0.05) is 40.5 Å². The van der Waals surface area contributed by atoms with Crippen molar-refractivity contribution in [3.8, 4) is 0 Å². The number of ether oxygens (including phenoxy) is 2. The SMILES string of the molecule is CCOCCC1(CNC(=NC)NCCOC)CCCC1.I. The number of guanidine groups is 1. The zero-order valence-electron chi connectivity index (χ0n) is 13.7. The molecule has 1 saturated carbocycles. The van der Waals surface area contributed by atoms with Gasteiger partial charge in [-0.2, -0.15) is 0 Å². The molecule has 0 bridgehead atoms. The number of hydrogen-bond acceptors (Lipinski definition) is 3. The van der Waals surface area contributed by atoms with Crippen LogP contribution in [0.5, 0.6) is 0 Å². The van der Waals surface area contributed by atoms with Gasteiger partial charge in [-0.25, -0.2) is 0 Å². The van der Waals surface area contributed by atoms with Crippen molar-refractivity contribution < 1.29 is 9.47 Å². The molecule has 0 saturated heterocycles. The van der Waals surface area contributed by atoms with E-state index in [2.05, 4.69) is 22.5 Å². The summed E-state index contributed by atoms with van der Waals surface area (Å²) in [6.07, 6.45) is 6.40. The highest BCUT2D eigenvalue weighted by molar-refractivity contribution is 14.0. The van der Waals surface area contributed by atoms with Crippen LogP contribution in [0.1, 0.15) is 39.0 Å². The Morgan fingerprint density at radius 1 is 1.19 bits per heavy atom. The van der Waals surface area contributed by atoms with Gasteiger partial charge in [0.1, 0.15) is 0 Å². The van der Waals surface area contributed by atoms with Gasteiger partial charge in [0.15, 0.2) is 5.96 Å². The van der Waals surface area contributed by atoms with E-state index in [-0.39, 0.29) is 24.0 Å². The van der Waals surface area contributed by atoms with Gasteiger partial charge < -0.3 is 20.1 Å². The van der Waals surface area contributed by atoms with Crippen LogP contribution in [0, 0.1) is 5.41 Å². The molecule has 0 aromatic heterocycles. The molecule has 1 rings (SSSR count). The van der Waals surface area contributed by atoms with Gasteiger partial charge >= 0.3 is 0 Å². The Kier molecular flexibility index (Phi) is 12.4. The number of nitrogens with zero attached hydrogens (tertiary/aromatic N) is 1. The lowest BCUT2D eigenvalue weighted by Crippen LogP contribution is -2.44. The molecule has 0 aromatic carbocycles. The standard InChI is InChI=1S/C15H31N3O2.HI/c1-4-20-11-9-15(7-5-6-8-15)13-18-14(16-2)17-10-12-19-3;/h4-13H2,1-3H3,(H2,16,17,18);1H. The summed E-state index contributed by atoms with van der Waals surface area (Å²) >= 11 is 0. The zero-order chi connectivity index (χ0) is 14.7. The second-order valence-electron chi connectivity index (χ2n) is 5.50. The Morgan fingerprint density at radius 2 is 1.90 bits per heavy atom. The third-order valence-electron chi connectivity index (χ3n) is 4.10. The third kappa shape index (κ3) is 8.21. The molecule has 0 aliphatic heterocycles. The summed E-state index contributed by atoms with van der Waals surface area (Å²) in [4.78, 5) is 4.26. The maximum atomic E-state index is 5.54. The Bertz CT molecular complexity index is 282. The molecule has 126 valence electrons. The molecule has 5 nitrogen and oxygen atoms in total. The van der Waals surface area contributed by atoms with Crippen LogP contribution in [0.4, 0.5) is 0 Å². The number of nitrogens with one attached hydrogen (secondary N) is 2. The van der Waals surface area contributed by atoms with Crippen molar-refractivity contribution in [1.82, 2.24) is 10.6 Å². The molecule has 21 heavy (non-hydrogen) atoms. The smallest absolute Gasteiger partial charge is 0.191 e. The Balaban J connectivity index is 0.00000400. The van der Waals surface area contributed by atoms with Gasteiger partial charge in [-0.1, -0.05) is 12.8 Å². The Hall–Kier alpha value is -0.0800. The van der Waals surface area contributed by atoms with Crippen LogP contribution in [-0.4, -0.2) is 53.0 Å². The fraction of sp³-hybridized carbons (Fsp3) is 0.933. The van der Waals surface area contributed by atoms with E-state index in [0.717, 1.165) is 38.7 Å². The highest BCUT2D eigenvalue weighted by Crippen LogP contribution is 2.40. The predicted octanol–water partition coefficient (Wildman–Crippen LogP) is 2.40. The van der Waals surface area contributed by atoms with Crippen LogP contribution in [-0.2, 0) is 9.47 Å². The van der Waals surface area contributed by atoms with Crippen molar-refractivity contribution in [2.75, 3.05) is 47.1 Å². The van der Waals surface area contributed by atoms with E-state index in [9.17, 15) is 0 Å². The third-order valence-corrected chi connectivity index (χ3v) is 4.10. The summed E-state index contributed by atoms with van der Waals surface area (Å²) in [7, 11) is 3.52. The minimum atomic E-state index is 0. The molecule has 0 heterocycles. The first-order valence-electron chi connectivity index (χ1n) is 7.77. The van der Waals surface area contributed by atoms with Crippen LogP contribution < -0.4 is 10.6 Å². The summed E-state index contributed by atoms with van der Waals surface area (Å²) in [6, 6.07) is 0. The van der Waals surface area contributed by atoms with Crippen molar-refractivity contribution in [3.05, 3.63) is 0 Å². The average Bonchev–Trinajstić information content (AvgIpc) is 2.92. The van der Waals surface area contributed by atoms with Crippen molar-refractivity contribution in [2.24, 2.45) is 10.4 Å². The van der Waals surface area contributed by atoms with Gasteiger partial charge in [-0.05, 0) is 31.6 Å². The van der Waals surface area contributed by atoms with Crippen molar-refractivity contribution >= 4 is 29.9 Å². The van der Waals surface area contributed by atoms with Crippen molar-refractivity contribution in [1.29, 1.82) is 0 Å². The minimum absolute atomic E-state index is 0. The molecular formula is C15H32IN3O2. The predicted molar refractivity (Wildman–Crippen MR) is 98.7 cm³/mol. The van der Waals surface area contributed by atoms with E-state index in [0.29, 0.717) is 12.0 Å². The second-order valence-corrected chi connectivity index (χ2v) is 5.50. The first-order chi connectivity index (χ1) is 9.76. The second kappa shape index (κ2) is 12.5. The van der Waals surface area contributed by atoms with Gasteiger partial charge in [0.05, 0.1) is 6.61 Å². The molecule has 0 aromatic rings. The fourth-order valence-corrected chi connectivity index (χ4v) is 2.84. The molecule has 1 aliphatic rings. The summed E-state index contributed by atoms with van der Waals surface area (Å²) in [5.74, 6) is 0.865. The molecule has 1 fully saturated rings. The van der Waals surface area contributed by atoms with Crippen molar-refractivity contribution in [3.63, 3.8) is 0 Å². The number of hydrogen-bond donors (Lipinski definition) is 2. The molecule has 1 aliphatic carbocycles. The van der Waals surface area contributed by atoms with E-state index in [4.69, 9.17) is 9.47 Å². The highest BCUT2D eigenvalue weighted by atomic mass is 127. The Morgan fingerprint density at radius 3 is 2.48 bits per heavy atom. The average molecular weight is 413 g/mol. The lowest BCUT2D eigenvalue weighted by molar-refractivity contribution is 0.105. The number of methoxy groups -OCH3 is 1. The molecule has 0 atom stereocenters. The van der Waals surface area contributed by atoms with Gasteiger partial charge in [0.25, 0.3) is 0 Å². The maximum Gasteiger partial charge on any atom is 0.191 e. The summed E-state index contributed by atoms with van der Waals surface area (Å²) in [5, 5.41) is 6.73. The summed E-state index contributed by atoms with van der Waals surface area (Å²) in [5.41, 5.74) is 0.383. The first-order valence-corrected chi connectivity index (χ1v) is 7.77. The van der Waals surface area contributed by atoms with Crippen molar-refractivity contribution in [2.45, 2.75) is 39.0 Å². The number of rotatable bonds is 9. The van der Waals surface area contributed by atoms with Gasteiger partial charge in [-0.3, -0.25) is 4.99 Å².